The number of hydrogen-bond acceptors (Lipinski definition) is 5. The fourth-order valence-electron chi connectivity index (χ4n) is 3.23. The Balaban J connectivity index is 1.69. The molecule has 168 valence electrons. The number of rotatable bonds is 7. The summed E-state index contributed by atoms with van der Waals surface area (Å²) in [7, 11) is 1.56. The lowest BCUT2D eigenvalue weighted by atomic mass is 10.2. The molecule has 3 aromatic rings. The molecule has 0 bridgehead atoms. The number of amides is 1. The summed E-state index contributed by atoms with van der Waals surface area (Å²) in [4.78, 5) is 51.3. The maximum Gasteiger partial charge on any atom is 0.332 e. The quantitative estimate of drug-likeness (QED) is 0.487. The number of esters is 1. The van der Waals surface area contributed by atoms with Gasteiger partial charge in [0, 0.05) is 20.1 Å². The van der Waals surface area contributed by atoms with Crippen molar-refractivity contribution in [1.29, 1.82) is 0 Å². The van der Waals surface area contributed by atoms with Crippen LogP contribution in [-0.4, -0.2) is 39.6 Å². The standard InChI is InChI=1S/C22H21Cl2N3O5/c1-3-26-21(30)15-6-4-5-7-18(15)27(22(26)31)12-20(29)32-13-19(28)25(2)11-14-8-9-16(23)17(24)10-14/h4-10H,3,11-13H2,1-2H3. The molecule has 8 nitrogen and oxygen atoms in total. The van der Waals surface area contributed by atoms with E-state index in [0.29, 0.717) is 20.9 Å². The monoisotopic (exact) mass is 477 g/mol. The Morgan fingerprint density at radius 3 is 2.44 bits per heavy atom. The number of benzene rings is 2. The van der Waals surface area contributed by atoms with E-state index in [0.717, 1.165) is 10.1 Å². The molecule has 0 N–H and O–H groups in total. The first kappa shape index (κ1) is 23.6. The number of aromatic nitrogens is 2. The second-order valence-electron chi connectivity index (χ2n) is 7.09. The lowest BCUT2D eigenvalue weighted by molar-refractivity contribution is -0.152. The molecule has 1 amide bonds. The number of likely N-dealkylation sites (N-methyl/N-ethyl adjacent to an activating group) is 1. The van der Waals surface area contributed by atoms with Crippen molar-refractivity contribution in [3.8, 4) is 0 Å². The lowest BCUT2D eigenvalue weighted by Gasteiger charge is -2.18. The van der Waals surface area contributed by atoms with E-state index in [9.17, 15) is 19.2 Å². The number of halogens is 2. The molecule has 2 aromatic carbocycles. The van der Waals surface area contributed by atoms with Crippen molar-refractivity contribution in [2.45, 2.75) is 26.6 Å². The molecule has 0 spiro atoms. The van der Waals surface area contributed by atoms with Gasteiger partial charge in [-0.25, -0.2) is 4.79 Å². The average Bonchev–Trinajstić information content (AvgIpc) is 2.77. The first-order valence-electron chi connectivity index (χ1n) is 9.78. The van der Waals surface area contributed by atoms with Crippen molar-refractivity contribution in [2.75, 3.05) is 13.7 Å². The van der Waals surface area contributed by atoms with Crippen LogP contribution in [0.4, 0.5) is 0 Å². The molecule has 0 saturated carbocycles. The number of nitrogens with zero attached hydrogens (tertiary/aromatic N) is 3. The van der Waals surface area contributed by atoms with Crippen LogP contribution >= 0.6 is 23.2 Å². The second kappa shape index (κ2) is 10.0. The molecule has 1 aromatic heterocycles. The smallest absolute Gasteiger partial charge is 0.332 e. The summed E-state index contributed by atoms with van der Waals surface area (Å²) in [6, 6.07) is 11.5. The van der Waals surface area contributed by atoms with Gasteiger partial charge in [-0.05, 0) is 36.8 Å². The maximum atomic E-state index is 12.7. The summed E-state index contributed by atoms with van der Waals surface area (Å²) in [6.07, 6.45) is 0. The number of ether oxygens (including phenoxy) is 1. The molecule has 32 heavy (non-hydrogen) atoms. The van der Waals surface area contributed by atoms with E-state index >= 15 is 0 Å². The highest BCUT2D eigenvalue weighted by Crippen LogP contribution is 2.23. The number of hydrogen-bond donors (Lipinski definition) is 0. The van der Waals surface area contributed by atoms with Crippen molar-refractivity contribution in [2.24, 2.45) is 0 Å². The summed E-state index contributed by atoms with van der Waals surface area (Å²) in [5.41, 5.74) is 0.0571. The van der Waals surface area contributed by atoms with Crippen LogP contribution in [0, 0.1) is 0 Å². The van der Waals surface area contributed by atoms with E-state index in [1.165, 1.54) is 9.47 Å². The minimum atomic E-state index is -0.769. The Morgan fingerprint density at radius 2 is 1.75 bits per heavy atom. The Bertz CT molecular complexity index is 1300. The highest BCUT2D eigenvalue weighted by atomic mass is 35.5. The zero-order valence-electron chi connectivity index (χ0n) is 17.5. The van der Waals surface area contributed by atoms with E-state index in [-0.39, 0.29) is 13.1 Å². The second-order valence-corrected chi connectivity index (χ2v) is 7.91. The molecule has 3 rings (SSSR count). The van der Waals surface area contributed by atoms with Crippen molar-refractivity contribution in [3.63, 3.8) is 0 Å². The molecule has 0 saturated heterocycles. The predicted octanol–water partition coefficient (Wildman–Crippen LogP) is 2.69. The van der Waals surface area contributed by atoms with Crippen LogP contribution in [0.3, 0.4) is 0 Å². The van der Waals surface area contributed by atoms with Crippen LogP contribution in [0.2, 0.25) is 10.0 Å². The fraction of sp³-hybridized carbons (Fsp3) is 0.273. The van der Waals surface area contributed by atoms with Gasteiger partial charge in [0.05, 0.1) is 20.9 Å². The van der Waals surface area contributed by atoms with Gasteiger partial charge in [-0.2, -0.15) is 0 Å². The van der Waals surface area contributed by atoms with E-state index in [4.69, 9.17) is 27.9 Å². The summed E-state index contributed by atoms with van der Waals surface area (Å²) in [5.74, 6) is -1.20. The Labute approximate surface area is 193 Å². The lowest BCUT2D eigenvalue weighted by Crippen LogP contribution is -2.41. The van der Waals surface area contributed by atoms with Crippen molar-refractivity contribution >= 4 is 46.0 Å². The van der Waals surface area contributed by atoms with Gasteiger partial charge in [0.1, 0.15) is 6.54 Å². The van der Waals surface area contributed by atoms with Crippen LogP contribution < -0.4 is 11.2 Å². The number of carbonyl (C=O) groups is 2. The van der Waals surface area contributed by atoms with Crippen molar-refractivity contribution < 1.29 is 14.3 Å². The SMILES string of the molecule is CCn1c(=O)c2ccccc2n(CC(=O)OCC(=O)N(C)Cc2ccc(Cl)c(Cl)c2)c1=O. The van der Waals surface area contributed by atoms with Crippen LogP contribution in [0.15, 0.2) is 52.1 Å². The molecule has 0 radical (unpaired) electrons. The van der Waals surface area contributed by atoms with E-state index < -0.39 is 36.3 Å². The van der Waals surface area contributed by atoms with Gasteiger partial charge in [0.2, 0.25) is 0 Å². The normalized spacial score (nSPS) is 10.9. The molecule has 0 atom stereocenters. The van der Waals surface area contributed by atoms with Crippen molar-refractivity contribution in [3.05, 3.63) is 78.9 Å². The maximum absolute atomic E-state index is 12.7. The minimum absolute atomic E-state index is 0.162. The van der Waals surface area contributed by atoms with Gasteiger partial charge in [-0.15, -0.1) is 0 Å². The van der Waals surface area contributed by atoms with Gasteiger partial charge < -0.3 is 9.64 Å². The molecule has 0 aliphatic heterocycles. The van der Waals surface area contributed by atoms with Gasteiger partial charge in [0.15, 0.2) is 6.61 Å². The number of carbonyl (C=O) groups excluding carboxylic acids is 2. The van der Waals surface area contributed by atoms with Crippen LogP contribution in [0.1, 0.15) is 12.5 Å². The molecular weight excluding hydrogens is 457 g/mol. The highest BCUT2D eigenvalue weighted by molar-refractivity contribution is 6.42. The van der Waals surface area contributed by atoms with E-state index in [1.54, 1.807) is 56.4 Å². The van der Waals surface area contributed by atoms with Crippen molar-refractivity contribution in [1.82, 2.24) is 14.0 Å². The molecule has 0 aliphatic carbocycles. The fourth-order valence-corrected chi connectivity index (χ4v) is 3.55. The molecule has 10 heteroatoms. The summed E-state index contributed by atoms with van der Waals surface area (Å²) < 4.78 is 7.31. The molecule has 0 unspecified atom stereocenters. The van der Waals surface area contributed by atoms with Gasteiger partial charge in [0.25, 0.3) is 11.5 Å². The third kappa shape index (κ3) is 5.03. The summed E-state index contributed by atoms with van der Waals surface area (Å²) >= 11 is 11.9. The third-order valence-electron chi connectivity index (χ3n) is 4.92. The zero-order valence-corrected chi connectivity index (χ0v) is 19.0. The first-order valence-corrected chi connectivity index (χ1v) is 10.5. The van der Waals surface area contributed by atoms with Gasteiger partial charge >= 0.3 is 11.7 Å². The minimum Gasteiger partial charge on any atom is -0.454 e. The average molecular weight is 478 g/mol. The molecule has 0 fully saturated rings. The summed E-state index contributed by atoms with van der Waals surface area (Å²) in [6.45, 7) is 1.16. The molecule has 1 heterocycles. The third-order valence-corrected chi connectivity index (χ3v) is 5.66. The van der Waals surface area contributed by atoms with Crippen LogP contribution in [0.25, 0.3) is 10.9 Å². The van der Waals surface area contributed by atoms with Crippen LogP contribution in [-0.2, 0) is 34.0 Å². The molecular formula is C22H21Cl2N3O5. The molecule has 0 aliphatic rings. The van der Waals surface area contributed by atoms with E-state index in [1.807, 2.05) is 0 Å². The number of fused-ring (bicyclic) bond motifs is 1. The predicted molar refractivity (Wildman–Crippen MR) is 122 cm³/mol. The number of para-hydroxylation sites is 1. The van der Waals surface area contributed by atoms with E-state index in [2.05, 4.69) is 0 Å². The Kier molecular flexibility index (Phi) is 7.37. The topological polar surface area (TPSA) is 90.6 Å². The van der Waals surface area contributed by atoms with Gasteiger partial charge in [-0.3, -0.25) is 23.5 Å². The Morgan fingerprint density at radius 1 is 1.03 bits per heavy atom. The zero-order chi connectivity index (χ0) is 23.4. The summed E-state index contributed by atoms with van der Waals surface area (Å²) in [5, 5.41) is 1.11. The Hall–Kier alpha value is -3.10. The first-order chi connectivity index (χ1) is 15.2. The van der Waals surface area contributed by atoms with Crippen LogP contribution in [0.5, 0.6) is 0 Å². The van der Waals surface area contributed by atoms with Gasteiger partial charge in [-0.1, -0.05) is 41.4 Å². The highest BCUT2D eigenvalue weighted by Gasteiger charge is 2.17. The largest absolute Gasteiger partial charge is 0.454 e.